The lowest BCUT2D eigenvalue weighted by Crippen LogP contribution is -2.14. The minimum Gasteiger partial charge on any atom is -0.370 e. The monoisotopic (exact) mass is 262 g/mol. The van der Waals surface area contributed by atoms with Crippen molar-refractivity contribution >= 4 is 28.2 Å². The SMILES string of the molecule is CCNc1cccc(C(=O)Nc2ncc(C)s2)n1. The van der Waals surface area contributed by atoms with Crippen molar-refractivity contribution in [2.45, 2.75) is 13.8 Å². The van der Waals surface area contributed by atoms with E-state index in [0.29, 0.717) is 16.6 Å². The molecule has 0 saturated heterocycles. The van der Waals surface area contributed by atoms with Crippen molar-refractivity contribution in [3.8, 4) is 0 Å². The number of nitrogens with one attached hydrogen (secondary N) is 2. The van der Waals surface area contributed by atoms with Crippen molar-refractivity contribution in [3.63, 3.8) is 0 Å². The summed E-state index contributed by atoms with van der Waals surface area (Å²) in [4.78, 5) is 21.3. The maximum absolute atomic E-state index is 11.9. The molecule has 2 heterocycles. The van der Waals surface area contributed by atoms with Gasteiger partial charge >= 0.3 is 0 Å². The first kappa shape index (κ1) is 12.5. The third-order valence-electron chi connectivity index (χ3n) is 2.18. The summed E-state index contributed by atoms with van der Waals surface area (Å²) in [6.45, 7) is 4.69. The molecule has 0 fully saturated rings. The fourth-order valence-electron chi connectivity index (χ4n) is 1.41. The maximum Gasteiger partial charge on any atom is 0.276 e. The molecule has 2 N–H and O–H groups in total. The van der Waals surface area contributed by atoms with E-state index in [2.05, 4.69) is 20.6 Å². The molecule has 94 valence electrons. The van der Waals surface area contributed by atoms with Crippen molar-refractivity contribution in [2.75, 3.05) is 17.2 Å². The first-order valence-corrected chi connectivity index (χ1v) is 6.45. The molecule has 0 radical (unpaired) electrons. The van der Waals surface area contributed by atoms with Gasteiger partial charge in [0.1, 0.15) is 11.5 Å². The highest BCUT2D eigenvalue weighted by molar-refractivity contribution is 7.15. The topological polar surface area (TPSA) is 66.9 Å². The number of amides is 1. The molecule has 6 heteroatoms. The van der Waals surface area contributed by atoms with Crippen LogP contribution in [0.2, 0.25) is 0 Å². The van der Waals surface area contributed by atoms with Crippen LogP contribution in [0.3, 0.4) is 0 Å². The second kappa shape index (κ2) is 5.59. The van der Waals surface area contributed by atoms with E-state index in [0.717, 1.165) is 11.4 Å². The number of aromatic nitrogens is 2. The van der Waals surface area contributed by atoms with E-state index >= 15 is 0 Å². The minimum atomic E-state index is -0.246. The molecule has 0 atom stereocenters. The van der Waals surface area contributed by atoms with E-state index in [4.69, 9.17) is 0 Å². The molecule has 0 aromatic carbocycles. The largest absolute Gasteiger partial charge is 0.370 e. The van der Waals surface area contributed by atoms with Gasteiger partial charge < -0.3 is 5.32 Å². The average molecular weight is 262 g/mol. The Morgan fingerprint density at radius 2 is 2.28 bits per heavy atom. The van der Waals surface area contributed by atoms with Crippen LogP contribution in [0.1, 0.15) is 22.3 Å². The quantitative estimate of drug-likeness (QED) is 0.888. The average Bonchev–Trinajstić information content (AvgIpc) is 2.75. The predicted molar refractivity (Wildman–Crippen MR) is 73.2 cm³/mol. The van der Waals surface area contributed by atoms with Crippen LogP contribution < -0.4 is 10.6 Å². The zero-order valence-corrected chi connectivity index (χ0v) is 11.0. The minimum absolute atomic E-state index is 0.246. The summed E-state index contributed by atoms with van der Waals surface area (Å²) in [6.07, 6.45) is 1.72. The van der Waals surface area contributed by atoms with Crippen LogP contribution in [0.5, 0.6) is 0 Å². The Morgan fingerprint density at radius 3 is 2.94 bits per heavy atom. The van der Waals surface area contributed by atoms with Crippen LogP contribution >= 0.6 is 11.3 Å². The van der Waals surface area contributed by atoms with Crippen molar-refractivity contribution in [2.24, 2.45) is 0 Å². The third kappa shape index (κ3) is 3.04. The van der Waals surface area contributed by atoms with Gasteiger partial charge in [-0.15, -0.1) is 11.3 Å². The van der Waals surface area contributed by atoms with Gasteiger partial charge in [-0.05, 0) is 26.0 Å². The van der Waals surface area contributed by atoms with Gasteiger partial charge in [0.25, 0.3) is 5.91 Å². The molecule has 2 rings (SSSR count). The number of rotatable bonds is 4. The van der Waals surface area contributed by atoms with Gasteiger partial charge in [-0.2, -0.15) is 0 Å². The van der Waals surface area contributed by atoms with E-state index < -0.39 is 0 Å². The van der Waals surface area contributed by atoms with Crippen LogP contribution in [0.4, 0.5) is 10.9 Å². The summed E-state index contributed by atoms with van der Waals surface area (Å²) in [5, 5.41) is 6.38. The molecule has 2 aromatic heterocycles. The number of thiazole rings is 1. The van der Waals surface area contributed by atoms with Gasteiger partial charge in [0, 0.05) is 17.6 Å². The Kier molecular flexibility index (Phi) is 3.88. The smallest absolute Gasteiger partial charge is 0.276 e. The summed E-state index contributed by atoms with van der Waals surface area (Å²) in [5.41, 5.74) is 0.376. The molecule has 0 aliphatic carbocycles. The van der Waals surface area contributed by atoms with Gasteiger partial charge in [-0.3, -0.25) is 10.1 Å². The van der Waals surface area contributed by atoms with Crippen LogP contribution in [-0.2, 0) is 0 Å². The predicted octanol–water partition coefficient (Wildman–Crippen LogP) is 2.53. The molecule has 0 spiro atoms. The van der Waals surface area contributed by atoms with E-state index in [9.17, 15) is 4.79 Å². The van der Waals surface area contributed by atoms with Crippen LogP contribution in [-0.4, -0.2) is 22.4 Å². The van der Waals surface area contributed by atoms with Crippen molar-refractivity contribution in [1.29, 1.82) is 0 Å². The summed E-state index contributed by atoms with van der Waals surface area (Å²) in [7, 11) is 0. The zero-order valence-electron chi connectivity index (χ0n) is 10.2. The summed E-state index contributed by atoms with van der Waals surface area (Å²) >= 11 is 1.44. The van der Waals surface area contributed by atoms with E-state index in [1.807, 2.05) is 19.9 Å². The van der Waals surface area contributed by atoms with Crippen molar-refractivity contribution < 1.29 is 4.79 Å². The molecule has 0 bridgehead atoms. The van der Waals surface area contributed by atoms with Crippen molar-refractivity contribution in [1.82, 2.24) is 9.97 Å². The zero-order chi connectivity index (χ0) is 13.0. The molecule has 0 aliphatic heterocycles. The highest BCUT2D eigenvalue weighted by atomic mass is 32.1. The standard InChI is InChI=1S/C12H14N4OS/c1-3-13-10-6-4-5-9(15-10)11(17)16-12-14-7-8(2)18-12/h4-7H,3H2,1-2H3,(H,13,15)(H,14,16,17). The normalized spacial score (nSPS) is 10.1. The van der Waals surface area contributed by atoms with E-state index in [-0.39, 0.29) is 5.91 Å². The van der Waals surface area contributed by atoms with Gasteiger partial charge in [0.2, 0.25) is 0 Å². The molecule has 0 saturated carbocycles. The second-order valence-electron chi connectivity index (χ2n) is 3.67. The first-order valence-electron chi connectivity index (χ1n) is 5.63. The molecule has 5 nitrogen and oxygen atoms in total. The number of anilines is 2. The second-order valence-corrected chi connectivity index (χ2v) is 4.90. The Morgan fingerprint density at radius 1 is 1.44 bits per heavy atom. The molecule has 1 amide bonds. The summed E-state index contributed by atoms with van der Waals surface area (Å²) in [6, 6.07) is 5.30. The fraction of sp³-hybridized carbons (Fsp3) is 0.250. The number of aryl methyl sites for hydroxylation is 1. The lowest BCUT2D eigenvalue weighted by atomic mass is 10.3. The number of carbonyl (C=O) groups is 1. The maximum atomic E-state index is 11.9. The molecule has 18 heavy (non-hydrogen) atoms. The molecule has 2 aromatic rings. The van der Waals surface area contributed by atoms with Gasteiger partial charge in [0.05, 0.1) is 0 Å². The summed E-state index contributed by atoms with van der Waals surface area (Å²) < 4.78 is 0. The van der Waals surface area contributed by atoms with Crippen LogP contribution in [0.25, 0.3) is 0 Å². The van der Waals surface area contributed by atoms with Gasteiger partial charge in [0.15, 0.2) is 5.13 Å². The lowest BCUT2D eigenvalue weighted by Gasteiger charge is -2.04. The number of hydrogen-bond donors (Lipinski definition) is 2. The Balaban J connectivity index is 2.11. The molecular weight excluding hydrogens is 248 g/mol. The highest BCUT2D eigenvalue weighted by Gasteiger charge is 2.10. The third-order valence-corrected chi connectivity index (χ3v) is 3.01. The van der Waals surface area contributed by atoms with E-state index in [1.54, 1.807) is 18.3 Å². The number of carbonyl (C=O) groups excluding carboxylic acids is 1. The Hall–Kier alpha value is -1.95. The Labute approximate surface area is 109 Å². The molecular formula is C12H14N4OS. The number of pyridine rings is 1. The van der Waals surface area contributed by atoms with E-state index in [1.165, 1.54) is 11.3 Å². The molecule has 0 aliphatic rings. The van der Waals surface area contributed by atoms with Crippen molar-refractivity contribution in [3.05, 3.63) is 35.0 Å². The number of nitrogens with zero attached hydrogens (tertiary/aromatic N) is 2. The first-order chi connectivity index (χ1) is 8.69. The van der Waals surface area contributed by atoms with Crippen LogP contribution in [0.15, 0.2) is 24.4 Å². The highest BCUT2D eigenvalue weighted by Crippen LogP contribution is 2.17. The lowest BCUT2D eigenvalue weighted by molar-refractivity contribution is 0.102. The van der Waals surface area contributed by atoms with Crippen LogP contribution in [0, 0.1) is 6.92 Å². The fourth-order valence-corrected chi connectivity index (χ4v) is 2.07. The number of hydrogen-bond acceptors (Lipinski definition) is 5. The summed E-state index contributed by atoms with van der Waals surface area (Å²) in [5.74, 6) is 0.449. The molecule has 0 unspecified atom stereocenters. The van der Waals surface area contributed by atoms with Gasteiger partial charge in [-0.1, -0.05) is 6.07 Å². The van der Waals surface area contributed by atoms with Gasteiger partial charge in [-0.25, -0.2) is 9.97 Å². The Bertz CT molecular complexity index is 553.